The summed E-state index contributed by atoms with van der Waals surface area (Å²) in [6, 6.07) is 7.77. The van der Waals surface area contributed by atoms with Crippen LogP contribution in [0.5, 0.6) is 5.75 Å². The third-order valence-electron chi connectivity index (χ3n) is 4.81. The molecule has 0 amide bonds. The van der Waals surface area contributed by atoms with Crippen LogP contribution in [-0.4, -0.2) is 53.2 Å². The fraction of sp³-hybridized carbons (Fsp3) is 0.286. The van der Waals surface area contributed by atoms with E-state index in [0.29, 0.717) is 53.5 Å². The van der Waals surface area contributed by atoms with Gasteiger partial charge in [0.15, 0.2) is 0 Å². The highest BCUT2D eigenvalue weighted by molar-refractivity contribution is 6.31. The molecule has 2 aromatic carbocycles. The first kappa shape index (κ1) is 21.1. The first-order chi connectivity index (χ1) is 14.9. The van der Waals surface area contributed by atoms with E-state index >= 15 is 0 Å². The van der Waals surface area contributed by atoms with Crippen molar-refractivity contribution in [2.24, 2.45) is 0 Å². The number of aromatic nitrogens is 2. The van der Waals surface area contributed by atoms with E-state index in [-0.39, 0.29) is 23.6 Å². The standard InChI is InChI=1S/C21H21ClFN5O3/c1-12-9-28(10-20(29)31-12)4-5-30-19-8-18-14(7-17(19)24)21(26-11-25-18)27-13-2-3-16(23)15(22)6-13/h2-3,6-8,11-12H,4-5,9-10,24H2,1H3,(H,25,26,27)/t12-/m1/s1. The fourth-order valence-electron chi connectivity index (χ4n) is 3.40. The summed E-state index contributed by atoms with van der Waals surface area (Å²) in [4.78, 5) is 22.1. The van der Waals surface area contributed by atoms with Gasteiger partial charge in [-0.2, -0.15) is 0 Å². The zero-order chi connectivity index (χ0) is 22.0. The lowest BCUT2D eigenvalue weighted by Gasteiger charge is -2.29. The van der Waals surface area contributed by atoms with Gasteiger partial charge in [-0.1, -0.05) is 11.6 Å². The normalized spacial score (nSPS) is 16.9. The number of carbonyl (C=O) groups is 1. The third kappa shape index (κ3) is 4.95. The van der Waals surface area contributed by atoms with E-state index in [0.717, 1.165) is 0 Å². The minimum absolute atomic E-state index is 0.00919. The molecule has 8 nitrogen and oxygen atoms in total. The van der Waals surface area contributed by atoms with Gasteiger partial charge in [-0.15, -0.1) is 0 Å². The molecule has 3 aromatic rings. The molecule has 0 aliphatic carbocycles. The number of cyclic esters (lactones) is 1. The zero-order valence-electron chi connectivity index (χ0n) is 16.8. The van der Waals surface area contributed by atoms with Crippen molar-refractivity contribution in [3.05, 3.63) is 47.5 Å². The van der Waals surface area contributed by atoms with Gasteiger partial charge in [0.25, 0.3) is 0 Å². The summed E-state index contributed by atoms with van der Waals surface area (Å²) < 4.78 is 24.4. The van der Waals surface area contributed by atoms with Gasteiger partial charge in [0.2, 0.25) is 0 Å². The Bertz CT molecular complexity index is 1130. The highest BCUT2D eigenvalue weighted by atomic mass is 35.5. The molecular weight excluding hydrogens is 425 g/mol. The Kier molecular flexibility index (Phi) is 6.06. The molecule has 0 saturated carbocycles. The number of nitrogens with one attached hydrogen (secondary N) is 1. The Balaban J connectivity index is 1.48. The van der Waals surface area contributed by atoms with Crippen LogP contribution in [0.3, 0.4) is 0 Å². The molecule has 31 heavy (non-hydrogen) atoms. The average molecular weight is 446 g/mol. The maximum atomic E-state index is 13.4. The van der Waals surface area contributed by atoms with Gasteiger partial charge >= 0.3 is 5.97 Å². The average Bonchev–Trinajstić information content (AvgIpc) is 2.71. The maximum Gasteiger partial charge on any atom is 0.320 e. The van der Waals surface area contributed by atoms with Crippen LogP contribution in [0, 0.1) is 5.82 Å². The predicted molar refractivity (Wildman–Crippen MR) is 116 cm³/mol. The minimum Gasteiger partial charge on any atom is -0.490 e. The molecule has 2 heterocycles. The molecule has 3 N–H and O–H groups in total. The number of morpholine rings is 1. The van der Waals surface area contributed by atoms with Crippen LogP contribution < -0.4 is 15.8 Å². The van der Waals surface area contributed by atoms with Gasteiger partial charge in [-0.3, -0.25) is 9.69 Å². The van der Waals surface area contributed by atoms with Gasteiger partial charge in [0.05, 0.1) is 22.8 Å². The van der Waals surface area contributed by atoms with Gasteiger partial charge in [-0.05, 0) is 31.2 Å². The Hall–Kier alpha value is -3.17. The highest BCUT2D eigenvalue weighted by Crippen LogP contribution is 2.32. The van der Waals surface area contributed by atoms with Crippen molar-refractivity contribution in [3.63, 3.8) is 0 Å². The van der Waals surface area contributed by atoms with Gasteiger partial charge in [0.1, 0.15) is 36.4 Å². The topological polar surface area (TPSA) is 103 Å². The number of hydrogen-bond acceptors (Lipinski definition) is 8. The molecule has 1 aromatic heterocycles. The van der Waals surface area contributed by atoms with Gasteiger partial charge in [-0.25, -0.2) is 14.4 Å². The van der Waals surface area contributed by atoms with Crippen LogP contribution in [0.1, 0.15) is 6.92 Å². The Labute approximate surface area is 183 Å². The molecule has 10 heteroatoms. The molecule has 0 unspecified atom stereocenters. The maximum absolute atomic E-state index is 13.4. The van der Waals surface area contributed by atoms with Crippen molar-refractivity contribution in [1.29, 1.82) is 0 Å². The Morgan fingerprint density at radius 2 is 2.19 bits per heavy atom. The van der Waals surface area contributed by atoms with Crippen LogP contribution in [0.15, 0.2) is 36.7 Å². The van der Waals surface area contributed by atoms with E-state index in [2.05, 4.69) is 15.3 Å². The summed E-state index contributed by atoms with van der Waals surface area (Å²) in [5.74, 6) is 0.270. The number of nitrogens with two attached hydrogens (primary N) is 1. The first-order valence-corrected chi connectivity index (χ1v) is 10.1. The number of anilines is 3. The third-order valence-corrected chi connectivity index (χ3v) is 5.10. The van der Waals surface area contributed by atoms with Crippen LogP contribution in [0.2, 0.25) is 5.02 Å². The molecule has 0 spiro atoms. The van der Waals surface area contributed by atoms with Crippen LogP contribution >= 0.6 is 11.6 Å². The van der Waals surface area contributed by atoms with E-state index in [1.807, 2.05) is 11.8 Å². The summed E-state index contributed by atoms with van der Waals surface area (Å²) >= 11 is 5.85. The van der Waals surface area contributed by atoms with Crippen molar-refractivity contribution >= 4 is 45.7 Å². The SMILES string of the molecule is C[C@@H]1CN(CCOc2cc3ncnc(Nc4ccc(F)c(Cl)c4)c3cc2N)CC(=O)O1. The van der Waals surface area contributed by atoms with Crippen molar-refractivity contribution in [2.45, 2.75) is 13.0 Å². The summed E-state index contributed by atoms with van der Waals surface area (Å²) in [7, 11) is 0. The molecule has 162 valence electrons. The number of nitrogen functional groups attached to an aromatic ring is 1. The lowest BCUT2D eigenvalue weighted by molar-refractivity contribution is -0.157. The monoisotopic (exact) mass is 445 g/mol. The molecule has 1 aliphatic rings. The van der Waals surface area contributed by atoms with E-state index in [9.17, 15) is 9.18 Å². The predicted octanol–water partition coefficient (Wildman–Crippen LogP) is 3.37. The van der Waals surface area contributed by atoms with Crippen LogP contribution in [0.25, 0.3) is 10.9 Å². The number of ether oxygens (including phenoxy) is 2. The molecule has 1 saturated heterocycles. The molecule has 0 bridgehead atoms. The Morgan fingerprint density at radius 1 is 1.35 bits per heavy atom. The second kappa shape index (κ2) is 8.91. The van der Waals surface area contributed by atoms with Crippen LogP contribution in [0.4, 0.5) is 21.6 Å². The van der Waals surface area contributed by atoms with E-state index in [1.54, 1.807) is 18.2 Å². The molecule has 0 radical (unpaired) electrons. The number of halogens is 2. The number of carbonyl (C=O) groups excluding carboxylic acids is 1. The zero-order valence-corrected chi connectivity index (χ0v) is 17.5. The van der Waals surface area contributed by atoms with E-state index < -0.39 is 5.82 Å². The second-order valence-corrected chi connectivity index (χ2v) is 7.67. The summed E-state index contributed by atoms with van der Waals surface area (Å²) in [5, 5.41) is 3.80. The van der Waals surface area contributed by atoms with Crippen LogP contribution in [-0.2, 0) is 9.53 Å². The molecule has 4 rings (SSSR count). The number of esters is 1. The van der Waals surface area contributed by atoms with E-state index in [1.165, 1.54) is 18.5 Å². The molecule has 1 aliphatic heterocycles. The minimum atomic E-state index is -0.498. The number of hydrogen-bond donors (Lipinski definition) is 2. The van der Waals surface area contributed by atoms with Gasteiger partial charge < -0.3 is 20.5 Å². The van der Waals surface area contributed by atoms with Gasteiger partial charge in [0, 0.05) is 30.2 Å². The number of fused-ring (bicyclic) bond motifs is 1. The van der Waals surface area contributed by atoms with Crippen molar-refractivity contribution < 1.29 is 18.7 Å². The van der Waals surface area contributed by atoms with Crippen molar-refractivity contribution in [2.75, 3.05) is 37.3 Å². The Morgan fingerprint density at radius 3 is 2.97 bits per heavy atom. The molecular formula is C21H21ClFN5O3. The number of benzene rings is 2. The summed E-state index contributed by atoms with van der Waals surface area (Å²) in [5.41, 5.74) is 7.83. The lowest BCUT2D eigenvalue weighted by Crippen LogP contribution is -2.45. The quantitative estimate of drug-likeness (QED) is 0.439. The first-order valence-electron chi connectivity index (χ1n) is 9.70. The number of nitrogens with zero attached hydrogens (tertiary/aromatic N) is 3. The molecule has 1 fully saturated rings. The second-order valence-electron chi connectivity index (χ2n) is 7.27. The number of rotatable bonds is 6. The van der Waals surface area contributed by atoms with Crippen molar-refractivity contribution in [1.82, 2.24) is 14.9 Å². The molecule has 1 atom stereocenters. The summed E-state index contributed by atoms with van der Waals surface area (Å²) in [6.07, 6.45) is 1.28. The van der Waals surface area contributed by atoms with Crippen molar-refractivity contribution in [3.8, 4) is 5.75 Å². The largest absolute Gasteiger partial charge is 0.490 e. The highest BCUT2D eigenvalue weighted by Gasteiger charge is 2.23. The lowest BCUT2D eigenvalue weighted by atomic mass is 10.2. The summed E-state index contributed by atoms with van der Waals surface area (Å²) in [6.45, 7) is 3.70. The van der Waals surface area contributed by atoms with E-state index in [4.69, 9.17) is 26.8 Å². The fourth-order valence-corrected chi connectivity index (χ4v) is 3.58. The smallest absolute Gasteiger partial charge is 0.320 e.